The summed E-state index contributed by atoms with van der Waals surface area (Å²) in [6.07, 6.45) is 0. The highest BCUT2D eigenvalue weighted by molar-refractivity contribution is 6.23. The molecule has 0 heterocycles. The van der Waals surface area contributed by atoms with Gasteiger partial charge in [0.25, 0.3) is 0 Å². The molecule has 0 saturated carbocycles. The monoisotopic (exact) mass is 582 g/mol. The van der Waals surface area contributed by atoms with Gasteiger partial charge < -0.3 is 0 Å². The highest BCUT2D eigenvalue weighted by Crippen LogP contribution is 2.47. The molecule has 0 unspecified atom stereocenters. The first-order valence-corrected chi connectivity index (χ1v) is 15.9. The standard InChI is InChI=1S/C46H30/c1-2-13-32(14-3-1)43-29-35-16-4-5-17-36(35)30-44(43)46-41-22-10-8-20-39(41)45(40-21-9-11-23-42(40)46)34-27-25-33(26-28-34)38-24-12-18-31-15-6-7-19-37(31)38/h1-30H. The summed E-state index contributed by atoms with van der Waals surface area (Å²) in [6, 6.07) is 66.5. The summed E-state index contributed by atoms with van der Waals surface area (Å²) >= 11 is 0. The van der Waals surface area contributed by atoms with Gasteiger partial charge in [-0.15, -0.1) is 0 Å². The zero-order valence-corrected chi connectivity index (χ0v) is 25.3. The molecule has 214 valence electrons. The fourth-order valence-electron chi connectivity index (χ4n) is 7.33. The van der Waals surface area contributed by atoms with Gasteiger partial charge in [0.05, 0.1) is 0 Å². The Kier molecular flexibility index (Phi) is 6.25. The van der Waals surface area contributed by atoms with Crippen LogP contribution in [0.2, 0.25) is 0 Å². The van der Waals surface area contributed by atoms with Crippen LogP contribution < -0.4 is 0 Å². The maximum Gasteiger partial charge on any atom is -0.00199 e. The predicted octanol–water partition coefficient (Wildman–Crippen LogP) is 13.0. The van der Waals surface area contributed by atoms with Crippen molar-refractivity contribution in [1.29, 1.82) is 0 Å². The summed E-state index contributed by atoms with van der Waals surface area (Å²) in [7, 11) is 0. The predicted molar refractivity (Wildman–Crippen MR) is 198 cm³/mol. The molecule has 0 saturated heterocycles. The van der Waals surface area contributed by atoms with Gasteiger partial charge in [0.1, 0.15) is 0 Å². The maximum atomic E-state index is 2.39. The number of hydrogen-bond donors (Lipinski definition) is 0. The Morgan fingerprint density at radius 1 is 0.217 bits per heavy atom. The molecule has 0 spiro atoms. The van der Waals surface area contributed by atoms with Crippen LogP contribution in [0.25, 0.3) is 87.6 Å². The van der Waals surface area contributed by atoms with E-state index in [0.29, 0.717) is 0 Å². The molecule has 0 atom stereocenters. The van der Waals surface area contributed by atoms with Crippen LogP contribution >= 0.6 is 0 Å². The Morgan fingerprint density at radius 3 is 1.28 bits per heavy atom. The van der Waals surface area contributed by atoms with Crippen molar-refractivity contribution < 1.29 is 0 Å². The van der Waals surface area contributed by atoms with E-state index in [9.17, 15) is 0 Å². The molecule has 0 aliphatic rings. The van der Waals surface area contributed by atoms with Gasteiger partial charge in [-0.05, 0) is 99.7 Å². The van der Waals surface area contributed by atoms with E-state index in [-0.39, 0.29) is 0 Å². The van der Waals surface area contributed by atoms with Crippen LogP contribution in [-0.4, -0.2) is 0 Å². The van der Waals surface area contributed by atoms with Gasteiger partial charge in [-0.25, -0.2) is 0 Å². The van der Waals surface area contributed by atoms with Crippen LogP contribution in [0.4, 0.5) is 0 Å². The minimum absolute atomic E-state index is 1.23. The van der Waals surface area contributed by atoms with Crippen molar-refractivity contribution in [3.05, 3.63) is 182 Å². The zero-order chi connectivity index (χ0) is 30.5. The summed E-state index contributed by atoms with van der Waals surface area (Å²) in [5.41, 5.74) is 10.0. The van der Waals surface area contributed by atoms with Gasteiger partial charge in [0.15, 0.2) is 0 Å². The van der Waals surface area contributed by atoms with Gasteiger partial charge in [-0.3, -0.25) is 0 Å². The maximum absolute atomic E-state index is 2.39. The first-order valence-electron chi connectivity index (χ1n) is 15.9. The van der Waals surface area contributed by atoms with E-state index in [4.69, 9.17) is 0 Å². The molecule has 0 bridgehead atoms. The van der Waals surface area contributed by atoms with E-state index in [0.717, 1.165) is 0 Å². The molecule has 0 N–H and O–H groups in total. The molecule has 9 aromatic rings. The number of hydrogen-bond acceptors (Lipinski definition) is 0. The molecular formula is C46H30. The second kappa shape index (κ2) is 10.9. The van der Waals surface area contributed by atoms with E-state index < -0.39 is 0 Å². The zero-order valence-electron chi connectivity index (χ0n) is 25.3. The van der Waals surface area contributed by atoms with Gasteiger partial charge in [-0.2, -0.15) is 0 Å². The van der Waals surface area contributed by atoms with Gasteiger partial charge in [0, 0.05) is 0 Å². The Bertz CT molecular complexity index is 2490. The molecule has 0 heteroatoms. The summed E-state index contributed by atoms with van der Waals surface area (Å²) in [5.74, 6) is 0. The van der Waals surface area contributed by atoms with E-state index in [1.165, 1.54) is 87.6 Å². The summed E-state index contributed by atoms with van der Waals surface area (Å²) < 4.78 is 0. The van der Waals surface area contributed by atoms with Gasteiger partial charge in [-0.1, -0.05) is 170 Å². The van der Waals surface area contributed by atoms with Gasteiger partial charge >= 0.3 is 0 Å². The first kappa shape index (κ1) is 26.4. The van der Waals surface area contributed by atoms with Crippen molar-refractivity contribution in [1.82, 2.24) is 0 Å². The van der Waals surface area contributed by atoms with Crippen molar-refractivity contribution in [3.63, 3.8) is 0 Å². The summed E-state index contributed by atoms with van der Waals surface area (Å²) in [5, 5.41) is 10.1. The third-order valence-corrected chi connectivity index (χ3v) is 9.45. The van der Waals surface area contributed by atoms with Crippen molar-refractivity contribution in [3.8, 4) is 44.5 Å². The average Bonchev–Trinajstić information content (AvgIpc) is 3.13. The molecule has 0 aliphatic carbocycles. The minimum atomic E-state index is 1.23. The smallest absolute Gasteiger partial charge is 0.00199 e. The lowest BCUT2D eigenvalue weighted by molar-refractivity contribution is 1.62. The lowest BCUT2D eigenvalue weighted by Gasteiger charge is -2.20. The third kappa shape index (κ3) is 4.30. The van der Waals surface area contributed by atoms with E-state index in [2.05, 4.69) is 182 Å². The van der Waals surface area contributed by atoms with Crippen LogP contribution in [-0.2, 0) is 0 Å². The van der Waals surface area contributed by atoms with E-state index >= 15 is 0 Å². The molecule has 0 radical (unpaired) electrons. The molecule has 0 amide bonds. The lowest BCUT2D eigenvalue weighted by Crippen LogP contribution is -1.93. The van der Waals surface area contributed by atoms with Crippen LogP contribution in [0.1, 0.15) is 0 Å². The van der Waals surface area contributed by atoms with Crippen molar-refractivity contribution >= 4 is 43.1 Å². The minimum Gasteiger partial charge on any atom is -0.0622 e. The average molecular weight is 583 g/mol. The van der Waals surface area contributed by atoms with Crippen LogP contribution in [0.5, 0.6) is 0 Å². The number of fused-ring (bicyclic) bond motifs is 4. The van der Waals surface area contributed by atoms with Crippen molar-refractivity contribution in [2.24, 2.45) is 0 Å². The lowest BCUT2D eigenvalue weighted by atomic mass is 9.83. The van der Waals surface area contributed by atoms with Crippen LogP contribution in [0.3, 0.4) is 0 Å². The highest BCUT2D eigenvalue weighted by atomic mass is 14.2. The number of rotatable bonds is 4. The molecule has 0 aromatic heterocycles. The van der Waals surface area contributed by atoms with Crippen LogP contribution in [0, 0.1) is 0 Å². The normalized spacial score (nSPS) is 11.5. The second-order valence-corrected chi connectivity index (χ2v) is 12.1. The van der Waals surface area contributed by atoms with E-state index in [1.54, 1.807) is 0 Å². The second-order valence-electron chi connectivity index (χ2n) is 12.1. The molecular weight excluding hydrogens is 553 g/mol. The molecule has 0 fully saturated rings. The summed E-state index contributed by atoms with van der Waals surface area (Å²) in [6.45, 7) is 0. The largest absolute Gasteiger partial charge is 0.0622 e. The first-order chi connectivity index (χ1) is 22.8. The number of benzene rings is 9. The quantitative estimate of drug-likeness (QED) is 0.181. The fourth-order valence-corrected chi connectivity index (χ4v) is 7.33. The summed E-state index contributed by atoms with van der Waals surface area (Å²) in [4.78, 5) is 0. The van der Waals surface area contributed by atoms with Crippen LogP contribution in [0.15, 0.2) is 182 Å². The molecule has 9 aromatic carbocycles. The van der Waals surface area contributed by atoms with Gasteiger partial charge in [0.2, 0.25) is 0 Å². The molecule has 0 aliphatic heterocycles. The Morgan fingerprint density at radius 2 is 0.652 bits per heavy atom. The topological polar surface area (TPSA) is 0 Å². The molecule has 9 rings (SSSR count). The molecule has 46 heavy (non-hydrogen) atoms. The van der Waals surface area contributed by atoms with Crippen molar-refractivity contribution in [2.45, 2.75) is 0 Å². The third-order valence-electron chi connectivity index (χ3n) is 9.45. The fraction of sp³-hybridized carbons (Fsp3) is 0. The SMILES string of the molecule is c1ccc(-c2cc3ccccc3cc2-c2c3ccccc3c(-c3ccc(-c4cccc5ccccc45)cc3)c3ccccc23)cc1. The molecule has 0 nitrogen and oxygen atoms in total. The van der Waals surface area contributed by atoms with E-state index in [1.807, 2.05) is 0 Å². The Balaban J connectivity index is 1.31. The van der Waals surface area contributed by atoms with Crippen molar-refractivity contribution in [2.75, 3.05) is 0 Å². The highest BCUT2D eigenvalue weighted by Gasteiger charge is 2.19. The Labute approximate surface area is 268 Å². The Hall–Kier alpha value is -5.98.